The normalized spacial score (nSPS) is 14.7. The van der Waals surface area contributed by atoms with Crippen LogP contribution in [0.5, 0.6) is 0 Å². The van der Waals surface area contributed by atoms with Crippen LogP contribution >= 0.6 is 34.2 Å². The summed E-state index contributed by atoms with van der Waals surface area (Å²) in [6.07, 6.45) is 2.29. The highest BCUT2D eigenvalue weighted by Crippen LogP contribution is 2.42. The lowest BCUT2D eigenvalue weighted by atomic mass is 10.1. The van der Waals surface area contributed by atoms with Gasteiger partial charge < -0.3 is 0 Å². The molecule has 1 heterocycles. The van der Waals surface area contributed by atoms with Gasteiger partial charge in [0.25, 0.3) is 0 Å². The van der Waals surface area contributed by atoms with E-state index in [1.807, 2.05) is 13.0 Å². The number of halogens is 3. The smallest absolute Gasteiger partial charge is 0.161 e. The Labute approximate surface area is 129 Å². The highest BCUT2D eigenvalue weighted by Gasteiger charge is 2.29. The Kier molecular flexibility index (Phi) is 3.47. The topological polar surface area (TPSA) is 25.8 Å². The number of nitrogens with zero attached hydrogens (tertiary/aromatic N) is 2. The molecule has 0 amide bonds. The third kappa shape index (κ3) is 2.74. The van der Waals surface area contributed by atoms with Crippen LogP contribution in [0.15, 0.2) is 18.2 Å². The average Bonchev–Trinajstić information content (AvgIpc) is 3.15. The minimum Gasteiger partial charge on any atom is -0.232 e. The molecule has 0 N–H and O–H groups in total. The third-order valence-corrected chi connectivity index (χ3v) is 4.76. The first-order valence-electron chi connectivity index (χ1n) is 6.05. The van der Waals surface area contributed by atoms with E-state index in [0.29, 0.717) is 22.5 Å². The van der Waals surface area contributed by atoms with Gasteiger partial charge in [-0.25, -0.2) is 14.4 Å². The molecule has 1 fully saturated rings. The molecule has 1 aliphatic carbocycles. The van der Waals surface area contributed by atoms with Gasteiger partial charge in [0.15, 0.2) is 5.82 Å². The molecule has 0 unspecified atom stereocenters. The minimum atomic E-state index is -0.277. The van der Waals surface area contributed by atoms with Gasteiger partial charge in [-0.2, -0.15) is 0 Å². The fourth-order valence-corrected chi connectivity index (χ4v) is 2.92. The van der Waals surface area contributed by atoms with Crippen molar-refractivity contribution in [3.63, 3.8) is 0 Å². The van der Waals surface area contributed by atoms with Crippen LogP contribution < -0.4 is 0 Å². The summed E-state index contributed by atoms with van der Waals surface area (Å²) in [5.74, 6) is 0.719. The Hall–Kier alpha value is -0.750. The molecule has 0 spiro atoms. The monoisotopic (exact) mass is 388 g/mol. The van der Waals surface area contributed by atoms with Crippen molar-refractivity contribution in [1.29, 1.82) is 0 Å². The molecule has 1 aliphatic rings. The van der Waals surface area contributed by atoms with Gasteiger partial charge in [-0.15, -0.1) is 0 Å². The lowest BCUT2D eigenvalue weighted by Gasteiger charge is -2.08. The van der Waals surface area contributed by atoms with Crippen LogP contribution in [0.2, 0.25) is 5.15 Å². The average molecular weight is 389 g/mol. The molecule has 0 radical (unpaired) electrons. The Balaban J connectivity index is 2.14. The summed E-state index contributed by atoms with van der Waals surface area (Å²) >= 11 is 8.35. The van der Waals surface area contributed by atoms with E-state index in [9.17, 15) is 4.39 Å². The molecule has 0 saturated heterocycles. The summed E-state index contributed by atoms with van der Waals surface area (Å²) in [7, 11) is 0. The second-order valence-corrected chi connectivity index (χ2v) is 6.27. The number of rotatable bonds is 2. The molecular weight excluding hydrogens is 378 g/mol. The van der Waals surface area contributed by atoms with Gasteiger partial charge in [-0.05, 0) is 66.1 Å². The van der Waals surface area contributed by atoms with Crippen molar-refractivity contribution in [1.82, 2.24) is 9.97 Å². The maximum atomic E-state index is 13.5. The second-order valence-electron chi connectivity index (χ2n) is 4.83. The van der Waals surface area contributed by atoms with Crippen molar-refractivity contribution in [3.8, 4) is 11.4 Å². The lowest BCUT2D eigenvalue weighted by molar-refractivity contribution is 0.627. The van der Waals surface area contributed by atoms with Crippen LogP contribution in [-0.2, 0) is 0 Å². The number of hydrogen-bond donors (Lipinski definition) is 0. The van der Waals surface area contributed by atoms with Gasteiger partial charge in [0.1, 0.15) is 11.0 Å². The molecule has 1 aromatic heterocycles. The largest absolute Gasteiger partial charge is 0.232 e. The van der Waals surface area contributed by atoms with Crippen molar-refractivity contribution in [2.24, 2.45) is 0 Å². The fraction of sp³-hybridized carbons (Fsp3) is 0.286. The summed E-state index contributed by atoms with van der Waals surface area (Å²) in [6.45, 7) is 1.85. The number of aromatic nitrogens is 2. The quantitative estimate of drug-likeness (QED) is 0.549. The maximum Gasteiger partial charge on any atom is 0.161 e. The summed E-state index contributed by atoms with van der Waals surface area (Å²) in [5, 5.41) is 0.453. The summed E-state index contributed by atoms with van der Waals surface area (Å²) < 4.78 is 14.4. The van der Waals surface area contributed by atoms with Gasteiger partial charge in [-0.3, -0.25) is 0 Å². The predicted octanol–water partition coefficient (Wildman–Crippen LogP) is 4.73. The van der Waals surface area contributed by atoms with Gasteiger partial charge in [0, 0.05) is 11.5 Å². The highest BCUT2D eigenvalue weighted by molar-refractivity contribution is 14.1. The SMILES string of the molecule is Cc1cc(F)cc(-c2nc(Cl)c(I)c(C3CC3)n2)c1. The van der Waals surface area contributed by atoms with Crippen LogP contribution in [0.1, 0.15) is 30.0 Å². The lowest BCUT2D eigenvalue weighted by Crippen LogP contribution is -2.00. The first kappa shape index (κ1) is 13.2. The van der Waals surface area contributed by atoms with E-state index >= 15 is 0 Å². The van der Waals surface area contributed by atoms with Crippen molar-refractivity contribution in [3.05, 3.63) is 44.0 Å². The van der Waals surface area contributed by atoms with E-state index in [1.54, 1.807) is 0 Å². The molecule has 0 aliphatic heterocycles. The summed E-state index contributed by atoms with van der Waals surface area (Å²) in [5.41, 5.74) is 2.52. The molecule has 2 aromatic rings. The molecular formula is C14H11ClFIN2. The first-order valence-corrected chi connectivity index (χ1v) is 7.51. The van der Waals surface area contributed by atoms with Crippen molar-refractivity contribution in [2.75, 3.05) is 0 Å². The zero-order valence-corrected chi connectivity index (χ0v) is 13.2. The van der Waals surface area contributed by atoms with Gasteiger partial charge in [-0.1, -0.05) is 11.6 Å². The van der Waals surface area contributed by atoms with Crippen molar-refractivity contribution >= 4 is 34.2 Å². The summed E-state index contributed by atoms with van der Waals surface area (Å²) in [6, 6.07) is 4.81. The van der Waals surface area contributed by atoms with Crippen molar-refractivity contribution < 1.29 is 4.39 Å². The molecule has 19 heavy (non-hydrogen) atoms. The second kappa shape index (κ2) is 4.98. The van der Waals surface area contributed by atoms with E-state index in [-0.39, 0.29) is 5.82 Å². The third-order valence-electron chi connectivity index (χ3n) is 3.10. The van der Waals surface area contributed by atoms with Crippen molar-refractivity contribution in [2.45, 2.75) is 25.7 Å². The maximum absolute atomic E-state index is 13.5. The highest BCUT2D eigenvalue weighted by atomic mass is 127. The van der Waals surface area contributed by atoms with Crippen LogP contribution in [0.4, 0.5) is 4.39 Å². The Morgan fingerprint density at radius 1 is 1.26 bits per heavy atom. The minimum absolute atomic E-state index is 0.277. The molecule has 0 bridgehead atoms. The number of benzene rings is 1. The molecule has 1 saturated carbocycles. The van der Waals surface area contributed by atoms with Gasteiger partial charge >= 0.3 is 0 Å². The number of hydrogen-bond acceptors (Lipinski definition) is 2. The molecule has 5 heteroatoms. The van der Waals surface area contributed by atoms with E-state index in [2.05, 4.69) is 32.6 Å². The molecule has 2 nitrogen and oxygen atoms in total. The molecule has 1 aromatic carbocycles. The first-order chi connectivity index (χ1) is 9.04. The van der Waals surface area contributed by atoms with Gasteiger partial charge in [0.05, 0.1) is 9.26 Å². The molecule has 98 valence electrons. The number of aryl methyl sites for hydroxylation is 1. The van der Waals surface area contributed by atoms with Crippen LogP contribution in [-0.4, -0.2) is 9.97 Å². The Morgan fingerprint density at radius 2 is 2.00 bits per heavy atom. The standard InChI is InChI=1S/C14H11ClFIN2/c1-7-4-9(6-10(16)5-7)14-18-12(8-2-3-8)11(17)13(15)19-14/h4-6,8H,2-3H2,1H3. The summed E-state index contributed by atoms with van der Waals surface area (Å²) in [4.78, 5) is 8.85. The molecule has 0 atom stereocenters. The van der Waals surface area contributed by atoms with Crippen LogP contribution in [0.3, 0.4) is 0 Å². The Bertz CT molecular complexity index is 636. The molecule has 3 rings (SSSR count). The predicted molar refractivity (Wildman–Crippen MR) is 81.9 cm³/mol. The van der Waals surface area contributed by atoms with E-state index in [0.717, 1.165) is 27.7 Å². The zero-order valence-electron chi connectivity index (χ0n) is 10.3. The Morgan fingerprint density at radius 3 is 2.63 bits per heavy atom. The zero-order chi connectivity index (χ0) is 13.6. The van der Waals surface area contributed by atoms with Crippen LogP contribution in [0, 0.1) is 16.3 Å². The van der Waals surface area contributed by atoms with Crippen LogP contribution in [0.25, 0.3) is 11.4 Å². The van der Waals surface area contributed by atoms with E-state index < -0.39 is 0 Å². The van der Waals surface area contributed by atoms with E-state index in [1.165, 1.54) is 12.1 Å². The van der Waals surface area contributed by atoms with E-state index in [4.69, 9.17) is 11.6 Å². The fourth-order valence-electron chi connectivity index (χ4n) is 2.06. The van der Waals surface area contributed by atoms with Gasteiger partial charge in [0.2, 0.25) is 0 Å².